The van der Waals surface area contributed by atoms with Crippen LogP contribution >= 0.6 is 23.2 Å². The highest BCUT2D eigenvalue weighted by molar-refractivity contribution is 7.89. The van der Waals surface area contributed by atoms with Gasteiger partial charge in [0.25, 0.3) is 0 Å². The van der Waals surface area contributed by atoms with E-state index < -0.39 is 10.0 Å². The molecule has 1 heterocycles. The number of fused-ring (bicyclic) bond motifs is 1. The number of halogens is 2. The lowest BCUT2D eigenvalue weighted by molar-refractivity contribution is 0.267. The van der Waals surface area contributed by atoms with Gasteiger partial charge in [-0.15, -0.1) is 0 Å². The molecular weight excluding hydrogens is 363 g/mol. The van der Waals surface area contributed by atoms with Crippen molar-refractivity contribution in [3.8, 4) is 5.75 Å². The molecule has 0 amide bonds. The number of benzene rings is 2. The first kappa shape index (κ1) is 16.1. The lowest BCUT2D eigenvalue weighted by atomic mass is 10.3. The van der Waals surface area contributed by atoms with Crippen LogP contribution in [0.1, 0.15) is 5.89 Å². The Kier molecular flexibility index (Phi) is 4.20. The van der Waals surface area contributed by atoms with Gasteiger partial charge in [0.15, 0.2) is 12.2 Å². The lowest BCUT2D eigenvalue weighted by Gasteiger charge is -2.05. The van der Waals surface area contributed by atoms with Crippen molar-refractivity contribution in [2.45, 2.75) is 11.5 Å². The number of aromatic nitrogens is 1. The summed E-state index contributed by atoms with van der Waals surface area (Å²) in [4.78, 5) is 4.13. The van der Waals surface area contributed by atoms with Crippen molar-refractivity contribution in [2.75, 3.05) is 0 Å². The van der Waals surface area contributed by atoms with Crippen LogP contribution in [0.5, 0.6) is 5.75 Å². The molecule has 0 saturated heterocycles. The van der Waals surface area contributed by atoms with E-state index in [2.05, 4.69) is 4.98 Å². The van der Waals surface area contributed by atoms with Crippen molar-refractivity contribution >= 4 is 44.3 Å². The second-order valence-corrected chi connectivity index (χ2v) is 7.05. The Morgan fingerprint density at radius 3 is 2.65 bits per heavy atom. The summed E-state index contributed by atoms with van der Waals surface area (Å²) in [6.07, 6.45) is 0. The van der Waals surface area contributed by atoms with Crippen molar-refractivity contribution < 1.29 is 17.6 Å². The molecule has 0 fully saturated rings. The second-order valence-electron chi connectivity index (χ2n) is 4.65. The number of rotatable bonds is 4. The summed E-state index contributed by atoms with van der Waals surface area (Å²) >= 11 is 11.8. The molecule has 23 heavy (non-hydrogen) atoms. The molecule has 0 aliphatic heterocycles. The van der Waals surface area contributed by atoms with Crippen LogP contribution in [0.25, 0.3) is 11.1 Å². The standard InChI is InChI=1S/C14H10Cl2N2O4S/c15-8-1-3-12(10(16)5-8)21-7-14-18-11-6-9(23(17,19)20)2-4-13(11)22-14/h1-6H,7H2,(H2,17,19,20). The zero-order valence-corrected chi connectivity index (χ0v) is 13.8. The number of nitrogens with two attached hydrogens (primary N) is 1. The Hall–Kier alpha value is -1.80. The second kappa shape index (κ2) is 6.01. The van der Waals surface area contributed by atoms with Crippen LogP contribution in [0.2, 0.25) is 10.0 Å². The van der Waals surface area contributed by atoms with E-state index in [4.69, 9.17) is 37.5 Å². The largest absolute Gasteiger partial charge is 0.482 e. The minimum absolute atomic E-state index is 0.0285. The molecule has 0 saturated carbocycles. The molecule has 2 N–H and O–H groups in total. The molecule has 3 rings (SSSR count). The Morgan fingerprint density at radius 2 is 1.96 bits per heavy atom. The predicted octanol–water partition coefficient (Wildman–Crippen LogP) is 3.36. The van der Waals surface area contributed by atoms with Gasteiger partial charge in [0.05, 0.1) is 9.92 Å². The summed E-state index contributed by atoms with van der Waals surface area (Å²) < 4.78 is 33.7. The molecular formula is C14H10Cl2N2O4S. The summed E-state index contributed by atoms with van der Waals surface area (Å²) in [5.74, 6) is 0.709. The third-order valence-electron chi connectivity index (χ3n) is 2.98. The minimum atomic E-state index is -3.79. The molecule has 0 aliphatic rings. The summed E-state index contributed by atoms with van der Waals surface area (Å²) in [5.41, 5.74) is 0.801. The summed E-state index contributed by atoms with van der Waals surface area (Å²) in [7, 11) is -3.79. The fourth-order valence-electron chi connectivity index (χ4n) is 1.93. The Labute approximate surface area is 141 Å². The van der Waals surface area contributed by atoms with E-state index in [1.54, 1.807) is 18.2 Å². The molecule has 9 heteroatoms. The van der Waals surface area contributed by atoms with E-state index in [0.717, 1.165) is 0 Å². The third-order valence-corrected chi connectivity index (χ3v) is 4.42. The fourth-order valence-corrected chi connectivity index (χ4v) is 2.92. The van der Waals surface area contributed by atoms with Crippen LogP contribution in [0, 0.1) is 0 Å². The maximum absolute atomic E-state index is 11.3. The highest BCUT2D eigenvalue weighted by Crippen LogP contribution is 2.28. The Morgan fingerprint density at radius 1 is 1.17 bits per heavy atom. The number of nitrogens with zero attached hydrogens (tertiary/aromatic N) is 1. The molecule has 0 radical (unpaired) electrons. The number of hydrogen-bond donors (Lipinski definition) is 1. The van der Waals surface area contributed by atoms with Gasteiger partial charge in [-0.1, -0.05) is 23.2 Å². The van der Waals surface area contributed by atoms with Crippen molar-refractivity contribution in [1.29, 1.82) is 0 Å². The van der Waals surface area contributed by atoms with Crippen LogP contribution < -0.4 is 9.88 Å². The lowest BCUT2D eigenvalue weighted by Crippen LogP contribution is -2.11. The zero-order valence-electron chi connectivity index (χ0n) is 11.5. The van der Waals surface area contributed by atoms with Crippen LogP contribution in [-0.4, -0.2) is 13.4 Å². The van der Waals surface area contributed by atoms with Crippen molar-refractivity contribution in [3.05, 3.63) is 52.3 Å². The van der Waals surface area contributed by atoms with Crippen LogP contribution in [-0.2, 0) is 16.6 Å². The van der Waals surface area contributed by atoms with E-state index in [9.17, 15) is 8.42 Å². The van der Waals surface area contributed by atoms with E-state index in [1.807, 2.05) is 0 Å². The molecule has 0 atom stereocenters. The van der Waals surface area contributed by atoms with Gasteiger partial charge in [-0.25, -0.2) is 18.5 Å². The zero-order chi connectivity index (χ0) is 16.6. The minimum Gasteiger partial charge on any atom is -0.482 e. The van der Waals surface area contributed by atoms with Crippen molar-refractivity contribution in [1.82, 2.24) is 4.98 Å². The first-order valence-electron chi connectivity index (χ1n) is 6.33. The van der Waals surface area contributed by atoms with Crippen molar-refractivity contribution in [3.63, 3.8) is 0 Å². The normalized spacial score (nSPS) is 11.8. The first-order chi connectivity index (χ1) is 10.8. The van der Waals surface area contributed by atoms with Gasteiger partial charge < -0.3 is 9.15 Å². The molecule has 6 nitrogen and oxygen atoms in total. The maximum Gasteiger partial charge on any atom is 0.238 e. The van der Waals surface area contributed by atoms with Crippen molar-refractivity contribution in [2.24, 2.45) is 5.14 Å². The highest BCUT2D eigenvalue weighted by atomic mass is 35.5. The Balaban J connectivity index is 1.83. The first-order valence-corrected chi connectivity index (χ1v) is 8.63. The Bertz CT molecular complexity index is 986. The van der Waals surface area contributed by atoms with Gasteiger partial charge in [-0.05, 0) is 36.4 Å². The van der Waals surface area contributed by atoms with Gasteiger partial charge in [0.2, 0.25) is 15.9 Å². The number of oxazole rings is 1. The average molecular weight is 373 g/mol. The van der Waals surface area contributed by atoms with Gasteiger partial charge in [0, 0.05) is 5.02 Å². The summed E-state index contributed by atoms with van der Waals surface area (Å²) in [5, 5.41) is 5.95. The van der Waals surface area contributed by atoms with E-state index in [1.165, 1.54) is 18.2 Å². The van der Waals surface area contributed by atoms with E-state index in [0.29, 0.717) is 26.9 Å². The molecule has 0 spiro atoms. The topological polar surface area (TPSA) is 95.4 Å². The molecule has 2 aromatic carbocycles. The number of primary sulfonamides is 1. The van der Waals surface area contributed by atoms with E-state index >= 15 is 0 Å². The molecule has 120 valence electrons. The molecule has 3 aromatic rings. The smallest absolute Gasteiger partial charge is 0.238 e. The van der Waals surface area contributed by atoms with Crippen LogP contribution in [0.3, 0.4) is 0 Å². The SMILES string of the molecule is NS(=O)(=O)c1ccc2oc(COc3ccc(Cl)cc3Cl)nc2c1. The monoisotopic (exact) mass is 372 g/mol. The van der Waals surface area contributed by atoms with Gasteiger partial charge >= 0.3 is 0 Å². The molecule has 0 bridgehead atoms. The number of hydrogen-bond acceptors (Lipinski definition) is 5. The summed E-state index contributed by atoms with van der Waals surface area (Å²) in [6, 6.07) is 9.01. The molecule has 0 unspecified atom stereocenters. The highest BCUT2D eigenvalue weighted by Gasteiger charge is 2.13. The van der Waals surface area contributed by atoms with Crippen LogP contribution in [0.15, 0.2) is 45.7 Å². The quantitative estimate of drug-likeness (QED) is 0.757. The maximum atomic E-state index is 11.3. The van der Waals surface area contributed by atoms with Gasteiger partial charge in [-0.3, -0.25) is 0 Å². The van der Waals surface area contributed by atoms with Gasteiger partial charge in [0.1, 0.15) is 11.3 Å². The average Bonchev–Trinajstić information content (AvgIpc) is 2.87. The summed E-state index contributed by atoms with van der Waals surface area (Å²) in [6.45, 7) is 0.0285. The molecule has 1 aromatic heterocycles. The fraction of sp³-hybridized carbons (Fsp3) is 0.0714. The molecule has 0 aliphatic carbocycles. The number of sulfonamides is 1. The predicted molar refractivity (Wildman–Crippen MR) is 86.2 cm³/mol. The van der Waals surface area contributed by atoms with Crippen LogP contribution in [0.4, 0.5) is 0 Å². The third kappa shape index (κ3) is 3.59. The number of ether oxygens (including phenoxy) is 1. The van der Waals surface area contributed by atoms with E-state index in [-0.39, 0.29) is 17.4 Å². The van der Waals surface area contributed by atoms with Gasteiger partial charge in [-0.2, -0.15) is 0 Å².